The quantitative estimate of drug-likeness (QED) is 0.783. The van der Waals surface area contributed by atoms with Gasteiger partial charge in [-0.15, -0.1) is 0 Å². The number of piperidine rings is 1. The number of amides is 1. The summed E-state index contributed by atoms with van der Waals surface area (Å²) in [6.45, 7) is 10.9. The van der Waals surface area contributed by atoms with Gasteiger partial charge in [0.1, 0.15) is 0 Å². The molecule has 0 aromatic carbocycles. The third-order valence-corrected chi connectivity index (χ3v) is 4.84. The molecule has 118 valence electrons. The van der Waals surface area contributed by atoms with Gasteiger partial charge in [-0.2, -0.15) is 0 Å². The Morgan fingerprint density at radius 1 is 1.38 bits per heavy atom. The van der Waals surface area contributed by atoms with Crippen LogP contribution in [0.5, 0.6) is 0 Å². The molecule has 1 fully saturated rings. The van der Waals surface area contributed by atoms with Gasteiger partial charge < -0.3 is 10.6 Å². The lowest BCUT2D eigenvalue weighted by Gasteiger charge is -2.35. The number of nitrogens with one attached hydrogen (secondary N) is 2. The van der Waals surface area contributed by atoms with Crippen LogP contribution in [0.1, 0.15) is 59.8 Å². The van der Waals surface area contributed by atoms with E-state index in [4.69, 9.17) is 0 Å². The lowest BCUT2D eigenvalue weighted by Crippen LogP contribution is -2.45. The van der Waals surface area contributed by atoms with Gasteiger partial charge in [-0.3, -0.25) is 4.79 Å². The average Bonchev–Trinajstić information content (AvgIpc) is 2.38. The Kier molecular flexibility index (Phi) is 5.26. The van der Waals surface area contributed by atoms with Crippen LogP contribution in [0, 0.1) is 5.41 Å². The highest BCUT2D eigenvalue weighted by molar-refractivity contribution is 5.89. The van der Waals surface area contributed by atoms with Crippen LogP contribution >= 0.6 is 0 Å². The van der Waals surface area contributed by atoms with Crippen LogP contribution in [0.3, 0.4) is 0 Å². The molecule has 1 aliphatic carbocycles. The van der Waals surface area contributed by atoms with Crippen molar-refractivity contribution in [1.82, 2.24) is 10.6 Å². The summed E-state index contributed by atoms with van der Waals surface area (Å²) in [6.07, 6.45) is 7.66. The van der Waals surface area contributed by atoms with Gasteiger partial charge in [0.05, 0.1) is 0 Å². The first-order valence-corrected chi connectivity index (χ1v) is 8.30. The molecule has 0 aromatic heterocycles. The smallest absolute Gasteiger partial charge is 0.244 e. The van der Waals surface area contributed by atoms with Crippen LogP contribution in [0.2, 0.25) is 0 Å². The van der Waals surface area contributed by atoms with E-state index >= 15 is 0 Å². The van der Waals surface area contributed by atoms with E-state index in [-0.39, 0.29) is 17.4 Å². The number of carbonyl (C=O) groups is 1. The molecule has 21 heavy (non-hydrogen) atoms. The van der Waals surface area contributed by atoms with E-state index in [0.29, 0.717) is 0 Å². The largest absolute Gasteiger partial charge is 0.349 e. The third kappa shape index (κ3) is 4.19. The molecule has 2 rings (SSSR count). The van der Waals surface area contributed by atoms with Crippen LogP contribution in [-0.4, -0.2) is 25.0 Å². The highest BCUT2D eigenvalue weighted by Crippen LogP contribution is 2.43. The standard InChI is InChI=1S/C18H30N2O/c1-13-7-5-9-18(3,4)17(13)14(2)11-16(21)20-15-8-6-10-19-12-15/h11,15,19H,5-10,12H2,1-4H3,(H,20,21)/b14-11+. The zero-order chi connectivity index (χ0) is 15.5. The summed E-state index contributed by atoms with van der Waals surface area (Å²) >= 11 is 0. The van der Waals surface area contributed by atoms with Crippen molar-refractivity contribution in [3.8, 4) is 0 Å². The molecule has 1 atom stereocenters. The molecule has 2 N–H and O–H groups in total. The van der Waals surface area contributed by atoms with Crippen molar-refractivity contribution in [2.45, 2.75) is 65.8 Å². The number of rotatable bonds is 3. The second kappa shape index (κ2) is 6.78. The Balaban J connectivity index is 2.06. The first kappa shape index (κ1) is 16.3. The van der Waals surface area contributed by atoms with Crippen molar-refractivity contribution in [1.29, 1.82) is 0 Å². The lowest BCUT2D eigenvalue weighted by molar-refractivity contribution is -0.117. The first-order valence-electron chi connectivity index (χ1n) is 8.30. The Labute approximate surface area is 129 Å². The molecule has 1 saturated heterocycles. The van der Waals surface area contributed by atoms with E-state index < -0.39 is 0 Å². The molecule has 0 spiro atoms. The first-order chi connectivity index (χ1) is 9.90. The molecule has 0 bridgehead atoms. The maximum absolute atomic E-state index is 12.2. The number of allylic oxidation sites excluding steroid dienone is 3. The summed E-state index contributed by atoms with van der Waals surface area (Å²) in [6, 6.07) is 0.282. The van der Waals surface area contributed by atoms with Crippen molar-refractivity contribution >= 4 is 5.91 Å². The van der Waals surface area contributed by atoms with Gasteiger partial charge in [-0.1, -0.05) is 19.4 Å². The Morgan fingerprint density at radius 3 is 2.76 bits per heavy atom. The molecule has 1 amide bonds. The molecule has 2 aliphatic rings. The fourth-order valence-corrected chi connectivity index (χ4v) is 3.98. The lowest BCUT2D eigenvalue weighted by atomic mass is 9.70. The number of carbonyl (C=O) groups excluding carboxylic acids is 1. The van der Waals surface area contributed by atoms with Crippen molar-refractivity contribution in [3.63, 3.8) is 0 Å². The third-order valence-electron chi connectivity index (χ3n) is 4.84. The van der Waals surface area contributed by atoms with Crippen LogP contribution in [0.25, 0.3) is 0 Å². The van der Waals surface area contributed by atoms with Crippen LogP contribution in [0.4, 0.5) is 0 Å². The highest BCUT2D eigenvalue weighted by atomic mass is 16.1. The van der Waals surface area contributed by atoms with Crippen molar-refractivity contribution in [2.24, 2.45) is 5.41 Å². The maximum atomic E-state index is 12.2. The molecular weight excluding hydrogens is 260 g/mol. The van der Waals surface area contributed by atoms with E-state index in [2.05, 4.69) is 38.3 Å². The average molecular weight is 290 g/mol. The minimum absolute atomic E-state index is 0.0582. The maximum Gasteiger partial charge on any atom is 0.244 e. The summed E-state index contributed by atoms with van der Waals surface area (Å²) in [5.41, 5.74) is 4.17. The van der Waals surface area contributed by atoms with E-state index in [1.54, 1.807) is 6.08 Å². The molecule has 1 aliphatic heterocycles. The van der Waals surface area contributed by atoms with E-state index in [1.165, 1.54) is 24.0 Å². The zero-order valence-corrected chi connectivity index (χ0v) is 14.0. The fourth-order valence-electron chi connectivity index (χ4n) is 3.98. The van der Waals surface area contributed by atoms with Gasteiger partial charge in [0.25, 0.3) is 0 Å². The van der Waals surface area contributed by atoms with Crippen molar-refractivity contribution < 1.29 is 4.79 Å². The fraction of sp³-hybridized carbons (Fsp3) is 0.722. The second-order valence-electron chi connectivity index (χ2n) is 7.27. The monoisotopic (exact) mass is 290 g/mol. The summed E-state index contributed by atoms with van der Waals surface area (Å²) in [7, 11) is 0. The minimum atomic E-state index is 0.0582. The van der Waals surface area contributed by atoms with Crippen LogP contribution < -0.4 is 10.6 Å². The van der Waals surface area contributed by atoms with Crippen molar-refractivity contribution in [2.75, 3.05) is 13.1 Å². The Morgan fingerprint density at radius 2 is 2.14 bits per heavy atom. The van der Waals surface area contributed by atoms with Crippen LogP contribution in [0.15, 0.2) is 22.8 Å². The van der Waals surface area contributed by atoms with Gasteiger partial charge in [0.15, 0.2) is 0 Å². The molecule has 3 nitrogen and oxygen atoms in total. The molecule has 0 aromatic rings. The SMILES string of the molecule is CC1=C(/C(C)=C/C(=O)NC2CCCNC2)C(C)(C)CCC1. The summed E-state index contributed by atoms with van der Waals surface area (Å²) < 4.78 is 0. The predicted octanol–water partition coefficient (Wildman–Crippen LogP) is 3.33. The predicted molar refractivity (Wildman–Crippen MR) is 88.1 cm³/mol. The molecule has 0 radical (unpaired) electrons. The topological polar surface area (TPSA) is 41.1 Å². The normalized spacial score (nSPS) is 26.7. The highest BCUT2D eigenvalue weighted by Gasteiger charge is 2.29. The van der Waals surface area contributed by atoms with Gasteiger partial charge >= 0.3 is 0 Å². The van der Waals surface area contributed by atoms with E-state index in [1.807, 2.05) is 0 Å². The van der Waals surface area contributed by atoms with E-state index in [0.717, 1.165) is 37.9 Å². The van der Waals surface area contributed by atoms with Gasteiger partial charge in [0.2, 0.25) is 5.91 Å². The van der Waals surface area contributed by atoms with E-state index in [9.17, 15) is 4.79 Å². The number of hydrogen-bond acceptors (Lipinski definition) is 2. The minimum Gasteiger partial charge on any atom is -0.349 e. The Bertz CT molecular complexity index is 454. The van der Waals surface area contributed by atoms with Crippen molar-refractivity contribution in [3.05, 3.63) is 22.8 Å². The van der Waals surface area contributed by atoms with Crippen LogP contribution in [-0.2, 0) is 4.79 Å². The molecule has 3 heteroatoms. The molecule has 1 unspecified atom stereocenters. The summed E-state index contributed by atoms with van der Waals surface area (Å²) in [5, 5.41) is 6.46. The summed E-state index contributed by atoms with van der Waals surface area (Å²) in [5.74, 6) is 0.0582. The molecule has 0 saturated carbocycles. The molecule has 1 heterocycles. The van der Waals surface area contributed by atoms with Gasteiger partial charge in [-0.05, 0) is 69.1 Å². The summed E-state index contributed by atoms with van der Waals surface area (Å²) in [4.78, 5) is 12.2. The number of hydrogen-bond donors (Lipinski definition) is 2. The Hall–Kier alpha value is -1.09. The van der Waals surface area contributed by atoms with Gasteiger partial charge in [0, 0.05) is 18.7 Å². The van der Waals surface area contributed by atoms with Gasteiger partial charge in [-0.25, -0.2) is 0 Å². The zero-order valence-electron chi connectivity index (χ0n) is 14.0. The molecular formula is C18H30N2O. The second-order valence-corrected chi connectivity index (χ2v) is 7.27.